The van der Waals surface area contributed by atoms with Gasteiger partial charge in [-0.15, -0.1) is 0 Å². The summed E-state index contributed by atoms with van der Waals surface area (Å²) < 4.78 is 27.2. The molecule has 3 rings (SSSR count). The number of carbonyl (C=O) groups is 1. The Morgan fingerprint density at radius 2 is 1.73 bits per heavy atom. The number of rotatable bonds is 5. The fourth-order valence-electron chi connectivity index (χ4n) is 2.29. The lowest BCUT2D eigenvalue weighted by atomic mass is 10.1. The van der Waals surface area contributed by atoms with Crippen LogP contribution in [0, 0.1) is 18.6 Å². The molecule has 0 spiro atoms. The number of halogens is 2. The Labute approximate surface area is 153 Å². The van der Waals surface area contributed by atoms with Crippen LogP contribution in [0.25, 0.3) is 11.3 Å². The number of para-hydroxylation sites is 1. The van der Waals surface area contributed by atoms with Crippen molar-refractivity contribution in [1.29, 1.82) is 0 Å². The first-order chi connectivity index (χ1) is 12.5. The number of thioether (sulfide) groups is 1. The van der Waals surface area contributed by atoms with Crippen LogP contribution in [0.2, 0.25) is 0 Å². The number of nitrogens with one attached hydrogen (secondary N) is 1. The molecule has 26 heavy (non-hydrogen) atoms. The molecular formula is C19H15F2N3OS. The van der Waals surface area contributed by atoms with Crippen molar-refractivity contribution in [3.63, 3.8) is 0 Å². The van der Waals surface area contributed by atoms with E-state index in [2.05, 4.69) is 15.3 Å². The number of aromatic nitrogens is 2. The normalized spacial score (nSPS) is 10.6. The fraction of sp³-hybridized carbons (Fsp3) is 0.105. The van der Waals surface area contributed by atoms with Crippen LogP contribution in [0.4, 0.5) is 14.5 Å². The van der Waals surface area contributed by atoms with E-state index in [0.29, 0.717) is 5.16 Å². The zero-order valence-corrected chi connectivity index (χ0v) is 14.7. The summed E-state index contributed by atoms with van der Waals surface area (Å²) >= 11 is 1.10. The van der Waals surface area contributed by atoms with Crippen LogP contribution in [-0.2, 0) is 4.79 Å². The number of amides is 1. The Morgan fingerprint density at radius 1 is 1.04 bits per heavy atom. The number of anilines is 1. The topological polar surface area (TPSA) is 54.9 Å². The first-order valence-electron chi connectivity index (χ1n) is 7.80. The molecule has 0 unspecified atom stereocenters. The number of nitrogens with zero attached hydrogens (tertiary/aromatic N) is 2. The van der Waals surface area contributed by atoms with Crippen molar-refractivity contribution in [3.05, 3.63) is 71.9 Å². The van der Waals surface area contributed by atoms with Crippen LogP contribution >= 0.6 is 11.8 Å². The maximum atomic E-state index is 13.6. The molecule has 2 aromatic carbocycles. The van der Waals surface area contributed by atoms with E-state index in [9.17, 15) is 13.6 Å². The maximum absolute atomic E-state index is 13.6. The van der Waals surface area contributed by atoms with Gasteiger partial charge in [-0.05, 0) is 25.1 Å². The minimum atomic E-state index is -0.818. The summed E-state index contributed by atoms with van der Waals surface area (Å²) in [4.78, 5) is 20.7. The van der Waals surface area contributed by atoms with Gasteiger partial charge in [0.25, 0.3) is 0 Å². The first kappa shape index (κ1) is 18.0. The highest BCUT2D eigenvalue weighted by Crippen LogP contribution is 2.22. The molecule has 0 radical (unpaired) electrons. The SMILES string of the molecule is Cc1cc(-c2ccccc2)nc(SCC(=O)Nc2c(F)cccc2F)n1. The third kappa shape index (κ3) is 4.43. The number of benzene rings is 2. The van der Waals surface area contributed by atoms with Gasteiger partial charge in [-0.3, -0.25) is 4.79 Å². The highest BCUT2D eigenvalue weighted by atomic mass is 32.2. The average molecular weight is 371 g/mol. The summed E-state index contributed by atoms with van der Waals surface area (Å²) in [6.45, 7) is 1.84. The highest BCUT2D eigenvalue weighted by Gasteiger charge is 2.13. The quantitative estimate of drug-likeness (QED) is 0.531. The van der Waals surface area contributed by atoms with Crippen LogP contribution in [0.3, 0.4) is 0 Å². The molecule has 1 N–H and O–H groups in total. The zero-order valence-electron chi connectivity index (χ0n) is 13.9. The molecule has 0 bridgehead atoms. The molecule has 1 amide bonds. The molecule has 132 valence electrons. The van der Waals surface area contributed by atoms with E-state index < -0.39 is 23.2 Å². The van der Waals surface area contributed by atoms with Gasteiger partial charge in [0.05, 0.1) is 11.4 Å². The number of hydrogen-bond acceptors (Lipinski definition) is 4. The van der Waals surface area contributed by atoms with Crippen molar-refractivity contribution in [2.75, 3.05) is 11.1 Å². The summed E-state index contributed by atoms with van der Waals surface area (Å²) in [5.74, 6) is -2.24. The molecule has 0 atom stereocenters. The molecular weight excluding hydrogens is 356 g/mol. The van der Waals surface area contributed by atoms with Gasteiger partial charge in [-0.2, -0.15) is 0 Å². The second kappa shape index (κ2) is 8.05. The second-order valence-electron chi connectivity index (χ2n) is 5.48. The summed E-state index contributed by atoms with van der Waals surface area (Å²) in [6, 6.07) is 14.9. The predicted molar refractivity (Wildman–Crippen MR) is 97.9 cm³/mol. The minimum absolute atomic E-state index is 0.0640. The lowest BCUT2D eigenvalue weighted by Crippen LogP contribution is -2.16. The minimum Gasteiger partial charge on any atom is -0.320 e. The van der Waals surface area contributed by atoms with Crippen LogP contribution in [0.15, 0.2) is 59.8 Å². The van der Waals surface area contributed by atoms with Crippen molar-refractivity contribution < 1.29 is 13.6 Å². The van der Waals surface area contributed by atoms with Gasteiger partial charge < -0.3 is 5.32 Å². The Bertz CT molecular complexity index is 915. The molecule has 4 nitrogen and oxygen atoms in total. The number of aryl methyl sites for hydroxylation is 1. The lowest BCUT2D eigenvalue weighted by Gasteiger charge is -2.08. The first-order valence-corrected chi connectivity index (χ1v) is 8.79. The molecule has 0 aliphatic rings. The van der Waals surface area contributed by atoms with Gasteiger partial charge >= 0.3 is 0 Å². The molecule has 0 aliphatic carbocycles. The summed E-state index contributed by atoms with van der Waals surface area (Å²) in [5, 5.41) is 2.67. The standard InChI is InChI=1S/C19H15F2N3OS/c1-12-10-16(13-6-3-2-4-7-13)23-19(22-12)26-11-17(25)24-18-14(20)8-5-9-15(18)21/h2-10H,11H2,1H3,(H,24,25). The fourth-order valence-corrected chi connectivity index (χ4v) is 2.99. The monoisotopic (exact) mass is 371 g/mol. The molecule has 1 aromatic heterocycles. The van der Waals surface area contributed by atoms with Crippen LogP contribution in [-0.4, -0.2) is 21.6 Å². The van der Waals surface area contributed by atoms with Gasteiger partial charge in [-0.1, -0.05) is 48.2 Å². The molecule has 0 saturated heterocycles. The Morgan fingerprint density at radius 3 is 2.42 bits per heavy atom. The Hall–Kier alpha value is -2.80. The van der Waals surface area contributed by atoms with E-state index in [0.717, 1.165) is 40.8 Å². The summed E-state index contributed by atoms with van der Waals surface area (Å²) in [5.41, 5.74) is 2.01. The van der Waals surface area contributed by atoms with Crippen LogP contribution in [0.1, 0.15) is 5.69 Å². The molecule has 1 heterocycles. The summed E-state index contributed by atoms with van der Waals surface area (Å²) in [6.07, 6.45) is 0. The van der Waals surface area contributed by atoms with Crippen molar-refractivity contribution in [2.45, 2.75) is 12.1 Å². The zero-order chi connectivity index (χ0) is 18.5. The van der Waals surface area contributed by atoms with Gasteiger partial charge in [-0.25, -0.2) is 18.7 Å². The third-order valence-electron chi connectivity index (χ3n) is 3.46. The largest absolute Gasteiger partial charge is 0.320 e. The Balaban J connectivity index is 1.70. The van der Waals surface area contributed by atoms with Crippen molar-refractivity contribution in [3.8, 4) is 11.3 Å². The lowest BCUT2D eigenvalue weighted by molar-refractivity contribution is -0.113. The molecule has 0 aliphatic heterocycles. The van der Waals surface area contributed by atoms with E-state index in [-0.39, 0.29) is 5.75 Å². The number of carbonyl (C=O) groups excluding carboxylic acids is 1. The van der Waals surface area contributed by atoms with Crippen LogP contribution < -0.4 is 5.32 Å². The van der Waals surface area contributed by atoms with E-state index >= 15 is 0 Å². The molecule has 0 saturated carbocycles. The van der Waals surface area contributed by atoms with E-state index in [1.807, 2.05) is 43.3 Å². The van der Waals surface area contributed by atoms with E-state index in [1.165, 1.54) is 6.07 Å². The summed E-state index contributed by atoms with van der Waals surface area (Å²) in [7, 11) is 0. The maximum Gasteiger partial charge on any atom is 0.235 e. The molecule has 3 aromatic rings. The van der Waals surface area contributed by atoms with Crippen molar-refractivity contribution >= 4 is 23.4 Å². The van der Waals surface area contributed by atoms with Gasteiger partial charge in [0.1, 0.15) is 17.3 Å². The van der Waals surface area contributed by atoms with Gasteiger partial charge in [0.2, 0.25) is 5.91 Å². The Kier molecular flexibility index (Phi) is 5.58. The van der Waals surface area contributed by atoms with Crippen molar-refractivity contribution in [2.24, 2.45) is 0 Å². The van der Waals surface area contributed by atoms with E-state index in [4.69, 9.17) is 0 Å². The molecule has 7 heteroatoms. The van der Waals surface area contributed by atoms with Gasteiger partial charge in [0, 0.05) is 11.3 Å². The number of hydrogen-bond donors (Lipinski definition) is 1. The van der Waals surface area contributed by atoms with Crippen LogP contribution in [0.5, 0.6) is 0 Å². The second-order valence-corrected chi connectivity index (χ2v) is 6.42. The predicted octanol–water partition coefficient (Wildman–Crippen LogP) is 4.46. The third-order valence-corrected chi connectivity index (χ3v) is 4.31. The van der Waals surface area contributed by atoms with E-state index in [1.54, 1.807) is 0 Å². The molecule has 0 fully saturated rings. The smallest absolute Gasteiger partial charge is 0.235 e. The average Bonchev–Trinajstić information content (AvgIpc) is 2.63. The highest BCUT2D eigenvalue weighted by molar-refractivity contribution is 7.99. The van der Waals surface area contributed by atoms with Crippen molar-refractivity contribution in [1.82, 2.24) is 9.97 Å². The van der Waals surface area contributed by atoms with Gasteiger partial charge in [0.15, 0.2) is 5.16 Å².